The lowest BCUT2D eigenvalue weighted by molar-refractivity contribution is 0.965. The van der Waals surface area contributed by atoms with Gasteiger partial charge in [-0.1, -0.05) is 18.5 Å². The fraction of sp³-hybridized carbons (Fsp3) is 0.231. The first kappa shape index (κ1) is 14.1. The number of aromatic nitrogens is 2. The Bertz CT molecular complexity index is 562. The molecule has 0 saturated heterocycles. The van der Waals surface area contributed by atoms with Gasteiger partial charge >= 0.3 is 0 Å². The number of halogens is 2. The Kier molecular flexibility index (Phi) is 4.99. The van der Waals surface area contributed by atoms with Crippen LogP contribution in [0.3, 0.4) is 0 Å². The molecule has 100 valence electrons. The van der Waals surface area contributed by atoms with Gasteiger partial charge in [-0.05, 0) is 40.5 Å². The molecule has 2 aromatic rings. The first-order valence-electron chi connectivity index (χ1n) is 5.97. The molecule has 0 unspecified atom stereocenters. The second-order valence-corrected chi connectivity index (χ2v) is 5.26. The second-order valence-electron chi connectivity index (χ2n) is 3.97. The maximum atomic E-state index is 5.91. The maximum Gasteiger partial charge on any atom is 0.151 e. The highest BCUT2D eigenvalue weighted by atomic mass is 79.9. The third-order valence-electron chi connectivity index (χ3n) is 2.38. The first-order valence-corrected chi connectivity index (χ1v) is 7.14. The van der Waals surface area contributed by atoms with Gasteiger partial charge in [-0.2, -0.15) is 0 Å². The van der Waals surface area contributed by atoms with Gasteiger partial charge in [0.25, 0.3) is 0 Å². The van der Waals surface area contributed by atoms with E-state index >= 15 is 0 Å². The molecule has 2 N–H and O–H groups in total. The Morgan fingerprint density at radius 2 is 2.05 bits per heavy atom. The lowest BCUT2D eigenvalue weighted by atomic mass is 10.3. The zero-order chi connectivity index (χ0) is 13.7. The summed E-state index contributed by atoms with van der Waals surface area (Å²) in [4.78, 5) is 8.58. The standard InChI is InChI=1S/C13H14BrClN4/c1-2-5-17-12-7-16-8-13(19-12)18-11-4-3-9(15)6-10(11)14/h3-4,6-8H,2,5H2,1H3,(H2,17,18,19). The predicted octanol–water partition coefficient (Wildman–Crippen LogP) is 4.46. The molecule has 0 amide bonds. The van der Waals surface area contributed by atoms with E-state index in [-0.39, 0.29) is 0 Å². The molecule has 0 atom stereocenters. The zero-order valence-corrected chi connectivity index (χ0v) is 12.8. The largest absolute Gasteiger partial charge is 0.369 e. The number of nitrogens with one attached hydrogen (secondary N) is 2. The van der Waals surface area contributed by atoms with Gasteiger partial charge in [0.05, 0.1) is 18.1 Å². The predicted molar refractivity (Wildman–Crippen MR) is 83.2 cm³/mol. The minimum absolute atomic E-state index is 0.682. The minimum atomic E-state index is 0.682. The highest BCUT2D eigenvalue weighted by Gasteiger charge is 2.03. The van der Waals surface area contributed by atoms with E-state index in [4.69, 9.17) is 11.6 Å². The molecule has 1 aromatic heterocycles. The average Bonchev–Trinajstić information content (AvgIpc) is 2.40. The van der Waals surface area contributed by atoms with Crippen molar-refractivity contribution in [1.82, 2.24) is 9.97 Å². The molecule has 2 rings (SSSR count). The van der Waals surface area contributed by atoms with Crippen LogP contribution in [0.1, 0.15) is 13.3 Å². The quantitative estimate of drug-likeness (QED) is 0.843. The highest BCUT2D eigenvalue weighted by Crippen LogP contribution is 2.28. The van der Waals surface area contributed by atoms with Crippen LogP contribution in [0.5, 0.6) is 0 Å². The molecule has 0 spiro atoms. The minimum Gasteiger partial charge on any atom is -0.369 e. The summed E-state index contributed by atoms with van der Waals surface area (Å²) in [5.74, 6) is 1.45. The van der Waals surface area contributed by atoms with Crippen molar-refractivity contribution < 1.29 is 0 Å². The lowest BCUT2D eigenvalue weighted by Crippen LogP contribution is -2.04. The smallest absolute Gasteiger partial charge is 0.151 e. The summed E-state index contributed by atoms with van der Waals surface area (Å²) in [6.07, 6.45) is 4.43. The molecule has 0 aliphatic rings. The summed E-state index contributed by atoms with van der Waals surface area (Å²) < 4.78 is 0.883. The van der Waals surface area contributed by atoms with Gasteiger partial charge in [0.1, 0.15) is 5.82 Å². The maximum absolute atomic E-state index is 5.91. The molecule has 0 saturated carbocycles. The van der Waals surface area contributed by atoms with Crippen LogP contribution in [-0.2, 0) is 0 Å². The van der Waals surface area contributed by atoms with E-state index in [1.165, 1.54) is 0 Å². The normalized spacial score (nSPS) is 10.3. The number of hydrogen-bond acceptors (Lipinski definition) is 4. The number of benzene rings is 1. The molecule has 0 bridgehead atoms. The fourth-order valence-electron chi connectivity index (χ4n) is 1.49. The van der Waals surface area contributed by atoms with Gasteiger partial charge < -0.3 is 10.6 Å². The Balaban J connectivity index is 2.14. The summed E-state index contributed by atoms with van der Waals surface area (Å²) >= 11 is 9.36. The lowest BCUT2D eigenvalue weighted by Gasteiger charge is -2.09. The van der Waals surface area contributed by atoms with Crippen LogP contribution in [0, 0.1) is 0 Å². The van der Waals surface area contributed by atoms with Crippen molar-refractivity contribution in [3.8, 4) is 0 Å². The van der Waals surface area contributed by atoms with Gasteiger partial charge in [0.15, 0.2) is 5.82 Å². The van der Waals surface area contributed by atoms with Crippen molar-refractivity contribution >= 4 is 44.9 Å². The van der Waals surface area contributed by atoms with E-state index in [1.54, 1.807) is 12.4 Å². The summed E-state index contributed by atoms with van der Waals surface area (Å²) in [5.41, 5.74) is 0.895. The molecule has 19 heavy (non-hydrogen) atoms. The van der Waals surface area contributed by atoms with E-state index < -0.39 is 0 Å². The third-order valence-corrected chi connectivity index (χ3v) is 3.28. The van der Waals surface area contributed by atoms with E-state index in [0.717, 1.165) is 28.9 Å². The number of anilines is 3. The average molecular weight is 342 g/mol. The van der Waals surface area contributed by atoms with Crippen molar-refractivity contribution in [2.75, 3.05) is 17.2 Å². The molecular weight excluding hydrogens is 328 g/mol. The molecule has 0 radical (unpaired) electrons. The monoisotopic (exact) mass is 340 g/mol. The summed E-state index contributed by atoms with van der Waals surface area (Å²) in [6, 6.07) is 5.54. The molecule has 0 aliphatic heterocycles. The van der Waals surface area contributed by atoms with Crippen LogP contribution in [0.4, 0.5) is 17.3 Å². The molecule has 4 nitrogen and oxygen atoms in total. The number of rotatable bonds is 5. The van der Waals surface area contributed by atoms with Crippen LogP contribution >= 0.6 is 27.5 Å². The van der Waals surface area contributed by atoms with E-state index in [2.05, 4.69) is 43.5 Å². The van der Waals surface area contributed by atoms with Crippen LogP contribution in [0.25, 0.3) is 0 Å². The van der Waals surface area contributed by atoms with Crippen molar-refractivity contribution in [2.24, 2.45) is 0 Å². The molecule has 0 fully saturated rings. The van der Waals surface area contributed by atoms with Crippen molar-refractivity contribution in [1.29, 1.82) is 0 Å². The number of nitrogens with zero attached hydrogens (tertiary/aromatic N) is 2. The second kappa shape index (κ2) is 6.73. The van der Waals surface area contributed by atoms with E-state index in [0.29, 0.717) is 10.8 Å². The first-order chi connectivity index (χ1) is 9.19. The van der Waals surface area contributed by atoms with Crippen molar-refractivity contribution in [3.63, 3.8) is 0 Å². The Morgan fingerprint density at radius 1 is 1.26 bits per heavy atom. The Hall–Kier alpha value is -1.33. The Morgan fingerprint density at radius 3 is 2.79 bits per heavy atom. The molecule has 1 heterocycles. The number of hydrogen-bond donors (Lipinski definition) is 2. The van der Waals surface area contributed by atoms with Crippen molar-refractivity contribution in [3.05, 3.63) is 40.1 Å². The summed E-state index contributed by atoms with van der Waals surface area (Å²) in [7, 11) is 0. The van der Waals surface area contributed by atoms with Crippen LogP contribution in [-0.4, -0.2) is 16.5 Å². The fourth-order valence-corrected chi connectivity index (χ4v) is 2.28. The van der Waals surface area contributed by atoms with Crippen LogP contribution < -0.4 is 10.6 Å². The molecule has 1 aromatic carbocycles. The SMILES string of the molecule is CCCNc1cncc(Nc2ccc(Cl)cc2Br)n1. The van der Waals surface area contributed by atoms with Crippen LogP contribution in [0.15, 0.2) is 35.1 Å². The van der Waals surface area contributed by atoms with E-state index in [1.807, 2.05) is 18.2 Å². The van der Waals surface area contributed by atoms with Gasteiger partial charge in [-0.15, -0.1) is 0 Å². The third kappa shape index (κ3) is 4.08. The van der Waals surface area contributed by atoms with Gasteiger partial charge in [-0.25, -0.2) is 4.98 Å². The van der Waals surface area contributed by atoms with E-state index in [9.17, 15) is 0 Å². The molecular formula is C13H14BrClN4. The van der Waals surface area contributed by atoms with Crippen LogP contribution in [0.2, 0.25) is 5.02 Å². The highest BCUT2D eigenvalue weighted by molar-refractivity contribution is 9.10. The van der Waals surface area contributed by atoms with Gasteiger partial charge in [-0.3, -0.25) is 4.98 Å². The summed E-state index contributed by atoms with van der Waals surface area (Å²) in [5, 5.41) is 7.08. The van der Waals surface area contributed by atoms with Gasteiger partial charge in [0, 0.05) is 16.0 Å². The molecule has 6 heteroatoms. The topological polar surface area (TPSA) is 49.8 Å². The van der Waals surface area contributed by atoms with Crippen molar-refractivity contribution in [2.45, 2.75) is 13.3 Å². The zero-order valence-electron chi connectivity index (χ0n) is 10.5. The molecule has 0 aliphatic carbocycles. The summed E-state index contributed by atoms with van der Waals surface area (Å²) in [6.45, 7) is 2.98. The Labute approximate surface area is 125 Å². The van der Waals surface area contributed by atoms with Gasteiger partial charge in [0.2, 0.25) is 0 Å².